The Morgan fingerprint density at radius 1 is 1.17 bits per heavy atom. The standard InChI is InChI=1S/C28H19FN2O4S/c1-3-11-34-18-6-4-5-16(13-18)24-23-25(32)19-12-15(2)7-10-21(19)35-26(23)27(33)31(24)28-30-20-9-8-17(29)14-22(20)36-28/h3-10,12-14,24H,1,11H2,2H3. The summed E-state index contributed by atoms with van der Waals surface area (Å²) < 4.78 is 26.2. The van der Waals surface area contributed by atoms with Crippen LogP contribution in [0.4, 0.5) is 9.52 Å². The van der Waals surface area contributed by atoms with Crippen LogP contribution in [0.15, 0.2) is 82.5 Å². The summed E-state index contributed by atoms with van der Waals surface area (Å²) in [4.78, 5) is 33.6. The largest absolute Gasteiger partial charge is 0.490 e. The van der Waals surface area contributed by atoms with Crippen molar-refractivity contribution < 1.29 is 18.3 Å². The van der Waals surface area contributed by atoms with Gasteiger partial charge in [-0.2, -0.15) is 0 Å². The predicted octanol–water partition coefficient (Wildman–Crippen LogP) is 6.16. The fraction of sp³-hybridized carbons (Fsp3) is 0.107. The summed E-state index contributed by atoms with van der Waals surface area (Å²) in [7, 11) is 0. The number of aromatic nitrogens is 1. The van der Waals surface area contributed by atoms with Crippen molar-refractivity contribution in [2.45, 2.75) is 13.0 Å². The van der Waals surface area contributed by atoms with Gasteiger partial charge in [-0.15, -0.1) is 0 Å². The highest BCUT2D eigenvalue weighted by Crippen LogP contribution is 2.44. The van der Waals surface area contributed by atoms with E-state index in [0.29, 0.717) is 44.2 Å². The van der Waals surface area contributed by atoms with Crippen molar-refractivity contribution in [3.05, 3.63) is 112 Å². The van der Waals surface area contributed by atoms with E-state index >= 15 is 0 Å². The molecule has 1 unspecified atom stereocenters. The SMILES string of the molecule is C=CCOc1cccc(C2c3c(oc4ccc(C)cc4c3=O)C(=O)N2c2nc3ccc(F)cc3s2)c1. The number of carbonyl (C=O) groups is 1. The second-order valence-electron chi connectivity index (χ2n) is 8.53. The molecule has 0 aliphatic carbocycles. The predicted molar refractivity (Wildman–Crippen MR) is 138 cm³/mol. The Labute approximate surface area is 208 Å². The molecule has 5 aromatic rings. The number of aryl methyl sites for hydroxylation is 1. The van der Waals surface area contributed by atoms with E-state index in [4.69, 9.17) is 9.15 Å². The van der Waals surface area contributed by atoms with Crippen LogP contribution in [-0.2, 0) is 0 Å². The molecule has 6 rings (SSSR count). The van der Waals surface area contributed by atoms with Crippen LogP contribution in [0.3, 0.4) is 0 Å². The zero-order chi connectivity index (χ0) is 25.0. The van der Waals surface area contributed by atoms with Gasteiger partial charge < -0.3 is 9.15 Å². The fourth-order valence-corrected chi connectivity index (χ4v) is 5.54. The van der Waals surface area contributed by atoms with E-state index in [2.05, 4.69) is 11.6 Å². The van der Waals surface area contributed by atoms with Gasteiger partial charge in [-0.1, -0.05) is 47.8 Å². The van der Waals surface area contributed by atoms with Gasteiger partial charge in [0.1, 0.15) is 23.8 Å². The highest BCUT2D eigenvalue weighted by molar-refractivity contribution is 7.22. The van der Waals surface area contributed by atoms with Crippen LogP contribution in [-0.4, -0.2) is 17.5 Å². The van der Waals surface area contributed by atoms with E-state index in [1.165, 1.54) is 28.4 Å². The molecule has 36 heavy (non-hydrogen) atoms. The summed E-state index contributed by atoms with van der Waals surface area (Å²) in [6, 6.07) is 16.0. The fourth-order valence-electron chi connectivity index (χ4n) is 4.52. The Morgan fingerprint density at radius 2 is 2.03 bits per heavy atom. The number of halogens is 1. The number of amides is 1. The molecule has 1 aliphatic heterocycles. The maximum absolute atomic E-state index is 13.9. The highest BCUT2D eigenvalue weighted by Gasteiger charge is 2.45. The first-order valence-corrected chi connectivity index (χ1v) is 12.1. The van der Waals surface area contributed by atoms with Gasteiger partial charge in [0.25, 0.3) is 5.91 Å². The van der Waals surface area contributed by atoms with Crippen molar-refractivity contribution in [3.63, 3.8) is 0 Å². The lowest BCUT2D eigenvalue weighted by atomic mass is 9.98. The molecule has 2 aromatic heterocycles. The van der Waals surface area contributed by atoms with E-state index < -0.39 is 17.8 Å². The Kier molecular flexibility index (Phi) is 5.19. The van der Waals surface area contributed by atoms with Gasteiger partial charge in [0.15, 0.2) is 10.6 Å². The third-order valence-electron chi connectivity index (χ3n) is 6.11. The van der Waals surface area contributed by atoms with E-state index in [-0.39, 0.29) is 16.8 Å². The molecule has 8 heteroatoms. The van der Waals surface area contributed by atoms with Gasteiger partial charge >= 0.3 is 0 Å². The van der Waals surface area contributed by atoms with Crippen molar-refractivity contribution in [1.82, 2.24) is 4.98 Å². The molecule has 1 atom stereocenters. The molecule has 3 aromatic carbocycles. The number of ether oxygens (including phenoxy) is 1. The average molecular weight is 499 g/mol. The molecule has 0 N–H and O–H groups in total. The maximum atomic E-state index is 13.9. The Bertz CT molecular complexity index is 1760. The van der Waals surface area contributed by atoms with Gasteiger partial charge in [0, 0.05) is 0 Å². The quantitative estimate of drug-likeness (QED) is 0.271. The zero-order valence-corrected chi connectivity index (χ0v) is 20.0. The zero-order valence-electron chi connectivity index (χ0n) is 19.2. The van der Waals surface area contributed by atoms with Crippen molar-refractivity contribution in [1.29, 1.82) is 0 Å². The van der Waals surface area contributed by atoms with E-state index in [1.807, 2.05) is 19.1 Å². The second kappa shape index (κ2) is 8.42. The molecule has 1 aliphatic rings. The van der Waals surface area contributed by atoms with Gasteiger partial charge in [0.05, 0.1) is 27.2 Å². The summed E-state index contributed by atoms with van der Waals surface area (Å²) in [5.74, 6) is -0.327. The molecular weight excluding hydrogens is 479 g/mol. The summed E-state index contributed by atoms with van der Waals surface area (Å²) in [5, 5.41) is 0.743. The number of benzene rings is 3. The third kappa shape index (κ3) is 3.49. The number of rotatable bonds is 5. The normalized spacial score (nSPS) is 15.0. The van der Waals surface area contributed by atoms with E-state index in [1.54, 1.807) is 42.5 Å². The number of anilines is 1. The number of hydrogen-bond acceptors (Lipinski definition) is 6. The van der Waals surface area contributed by atoms with Crippen molar-refractivity contribution in [2.75, 3.05) is 11.5 Å². The van der Waals surface area contributed by atoms with Gasteiger partial charge in [-0.05, 0) is 55.0 Å². The molecule has 0 radical (unpaired) electrons. The van der Waals surface area contributed by atoms with Crippen LogP contribution >= 0.6 is 11.3 Å². The smallest absolute Gasteiger partial charge is 0.297 e. The molecular formula is C28H19FN2O4S. The molecule has 0 saturated carbocycles. The molecule has 0 fully saturated rings. The molecule has 3 heterocycles. The number of thiazole rings is 1. The lowest BCUT2D eigenvalue weighted by Crippen LogP contribution is -2.29. The lowest BCUT2D eigenvalue weighted by Gasteiger charge is -2.23. The van der Waals surface area contributed by atoms with E-state index in [0.717, 1.165) is 5.56 Å². The topological polar surface area (TPSA) is 72.6 Å². The van der Waals surface area contributed by atoms with Crippen LogP contribution in [0.1, 0.15) is 33.3 Å². The highest BCUT2D eigenvalue weighted by atomic mass is 32.1. The summed E-state index contributed by atoms with van der Waals surface area (Å²) >= 11 is 1.18. The number of hydrogen-bond donors (Lipinski definition) is 0. The van der Waals surface area contributed by atoms with Gasteiger partial charge in [0.2, 0.25) is 5.76 Å². The second-order valence-corrected chi connectivity index (χ2v) is 9.54. The summed E-state index contributed by atoms with van der Waals surface area (Å²) in [5.41, 5.74) is 2.42. The monoisotopic (exact) mass is 498 g/mol. The minimum Gasteiger partial charge on any atom is -0.490 e. The van der Waals surface area contributed by atoms with E-state index in [9.17, 15) is 14.0 Å². The molecule has 178 valence electrons. The Morgan fingerprint density at radius 3 is 2.86 bits per heavy atom. The molecule has 0 bridgehead atoms. The third-order valence-corrected chi connectivity index (χ3v) is 7.13. The van der Waals surface area contributed by atoms with Crippen molar-refractivity contribution >= 4 is 43.6 Å². The van der Waals surface area contributed by atoms with Crippen LogP contribution in [0, 0.1) is 12.7 Å². The molecule has 1 amide bonds. The number of fused-ring (bicyclic) bond motifs is 3. The molecule has 0 spiro atoms. The maximum Gasteiger partial charge on any atom is 0.297 e. The van der Waals surface area contributed by atoms with Crippen LogP contribution in [0.5, 0.6) is 5.75 Å². The van der Waals surface area contributed by atoms with Crippen molar-refractivity contribution in [2.24, 2.45) is 0 Å². The first-order valence-electron chi connectivity index (χ1n) is 11.3. The van der Waals surface area contributed by atoms with Gasteiger partial charge in [-0.3, -0.25) is 14.5 Å². The summed E-state index contributed by atoms with van der Waals surface area (Å²) in [6.45, 7) is 5.88. The minimum atomic E-state index is -0.800. The van der Waals surface area contributed by atoms with Gasteiger partial charge in [-0.25, -0.2) is 9.37 Å². The molecule has 0 saturated heterocycles. The van der Waals surface area contributed by atoms with Crippen LogP contribution in [0.25, 0.3) is 21.2 Å². The van der Waals surface area contributed by atoms with Crippen LogP contribution in [0.2, 0.25) is 0 Å². The Hall–Kier alpha value is -4.30. The Balaban J connectivity index is 1.60. The first-order chi connectivity index (χ1) is 17.4. The number of carbonyl (C=O) groups excluding carboxylic acids is 1. The number of nitrogens with zero attached hydrogens (tertiary/aromatic N) is 2. The van der Waals surface area contributed by atoms with Crippen molar-refractivity contribution in [3.8, 4) is 5.75 Å². The lowest BCUT2D eigenvalue weighted by molar-refractivity contribution is 0.0971. The minimum absolute atomic E-state index is 0.0239. The summed E-state index contributed by atoms with van der Waals surface area (Å²) in [6.07, 6.45) is 1.64. The van der Waals surface area contributed by atoms with Crippen LogP contribution < -0.4 is 15.1 Å². The first kappa shape index (κ1) is 22.2. The average Bonchev–Trinajstić information content (AvgIpc) is 3.41. The molecule has 6 nitrogen and oxygen atoms in total.